The maximum absolute atomic E-state index is 12.8. The molecule has 0 fully saturated rings. The number of nitrogens with one attached hydrogen (secondary N) is 1. The van der Waals surface area contributed by atoms with E-state index in [2.05, 4.69) is 4.74 Å². The molecular weight excluding hydrogens is 194 g/mol. The summed E-state index contributed by atoms with van der Waals surface area (Å²) in [5, 5.41) is 1.54. The Morgan fingerprint density at radius 1 is 1.50 bits per heavy atom. The minimum Gasteiger partial charge on any atom is -0.376 e. The number of hydrogen-bond donors (Lipinski definition) is 2. The topological polar surface area (TPSA) is 64.3 Å². The van der Waals surface area contributed by atoms with E-state index in [4.69, 9.17) is 5.73 Å². The molecule has 0 aliphatic heterocycles. The highest BCUT2D eigenvalue weighted by atomic mass is 19.3. The normalized spacial score (nSPS) is 12.7. The summed E-state index contributed by atoms with van der Waals surface area (Å²) in [6, 6.07) is -3.34. The minimum atomic E-state index is -3.34. The smallest absolute Gasteiger partial charge is 0.348 e. The Labute approximate surface area is 81.8 Å². The van der Waals surface area contributed by atoms with Gasteiger partial charge in [-0.15, -0.1) is 0 Å². The summed E-state index contributed by atoms with van der Waals surface area (Å²) in [5.41, 5.74) is 4.69. The highest BCUT2D eigenvalue weighted by Crippen LogP contribution is 2.11. The van der Waals surface area contributed by atoms with Crippen molar-refractivity contribution in [3.05, 3.63) is 0 Å². The first kappa shape index (κ1) is 13.2. The molecule has 84 valence electrons. The van der Waals surface area contributed by atoms with Gasteiger partial charge in [0.05, 0.1) is 0 Å². The molecule has 0 heterocycles. The minimum absolute atomic E-state index is 0.160. The van der Waals surface area contributed by atoms with Crippen molar-refractivity contribution in [2.45, 2.75) is 31.9 Å². The Morgan fingerprint density at radius 2 is 2.00 bits per heavy atom. The van der Waals surface area contributed by atoms with E-state index in [0.717, 1.165) is 7.11 Å². The summed E-state index contributed by atoms with van der Waals surface area (Å²) in [4.78, 5) is 11.0. The van der Waals surface area contributed by atoms with Crippen LogP contribution in [0, 0.1) is 0 Å². The third-order valence-corrected chi connectivity index (χ3v) is 1.26. The second-order valence-electron chi connectivity index (χ2n) is 3.85. The number of hydrogen-bond acceptors (Lipinski definition) is 3. The quantitative estimate of drug-likeness (QED) is 0.648. The Hall–Kier alpha value is -0.750. The summed E-state index contributed by atoms with van der Waals surface area (Å²) in [6.45, 7) is 2.33. The number of halogens is 2. The first-order valence-electron chi connectivity index (χ1n) is 4.13. The fourth-order valence-electron chi connectivity index (χ4n) is 0.879. The Balaban J connectivity index is 4.06. The van der Waals surface area contributed by atoms with Crippen molar-refractivity contribution in [2.75, 3.05) is 13.7 Å². The molecule has 4 nitrogen and oxygen atoms in total. The van der Waals surface area contributed by atoms with Gasteiger partial charge in [0.25, 0.3) is 0 Å². The van der Waals surface area contributed by atoms with Crippen molar-refractivity contribution < 1.29 is 18.3 Å². The third-order valence-electron chi connectivity index (χ3n) is 1.26. The standard InChI is InChI=1S/C8H16F2N2O2/c1-7(2,11)4-6(13)12-8(9,10)5-14-3/h4-5,11H2,1-3H3,(H,12,13). The monoisotopic (exact) mass is 210 g/mol. The fourth-order valence-corrected chi connectivity index (χ4v) is 0.879. The average molecular weight is 210 g/mol. The lowest BCUT2D eigenvalue weighted by molar-refractivity contribution is -0.140. The third kappa shape index (κ3) is 6.73. The molecule has 0 aliphatic rings. The second kappa shape index (κ2) is 4.65. The number of amides is 1. The van der Waals surface area contributed by atoms with Gasteiger partial charge in [0.1, 0.15) is 6.61 Å². The zero-order chi connectivity index (χ0) is 11.4. The Bertz CT molecular complexity index is 202. The van der Waals surface area contributed by atoms with Crippen molar-refractivity contribution in [1.29, 1.82) is 0 Å². The van der Waals surface area contributed by atoms with Crippen molar-refractivity contribution >= 4 is 5.91 Å². The van der Waals surface area contributed by atoms with Gasteiger partial charge in [-0.05, 0) is 13.8 Å². The van der Waals surface area contributed by atoms with Gasteiger partial charge >= 0.3 is 6.05 Å². The van der Waals surface area contributed by atoms with Gasteiger partial charge < -0.3 is 10.5 Å². The maximum Gasteiger partial charge on any atom is 0.348 e. The summed E-state index contributed by atoms with van der Waals surface area (Å²) in [5.74, 6) is -0.792. The van der Waals surface area contributed by atoms with Crippen LogP contribution in [0.25, 0.3) is 0 Å². The zero-order valence-corrected chi connectivity index (χ0v) is 8.56. The first-order valence-corrected chi connectivity index (χ1v) is 4.13. The zero-order valence-electron chi connectivity index (χ0n) is 8.56. The molecule has 0 aromatic carbocycles. The van der Waals surface area contributed by atoms with Crippen molar-refractivity contribution in [3.63, 3.8) is 0 Å². The lowest BCUT2D eigenvalue weighted by Gasteiger charge is -2.21. The lowest BCUT2D eigenvalue weighted by Crippen LogP contribution is -2.48. The summed E-state index contributed by atoms with van der Waals surface area (Å²) < 4.78 is 29.7. The van der Waals surface area contributed by atoms with E-state index in [1.807, 2.05) is 0 Å². The molecular formula is C8H16F2N2O2. The highest BCUT2D eigenvalue weighted by Gasteiger charge is 2.32. The van der Waals surface area contributed by atoms with E-state index >= 15 is 0 Å². The molecule has 0 radical (unpaired) electrons. The van der Waals surface area contributed by atoms with Crippen LogP contribution in [0.15, 0.2) is 0 Å². The molecule has 6 heteroatoms. The first-order chi connectivity index (χ1) is 6.16. The van der Waals surface area contributed by atoms with Gasteiger partial charge in [-0.25, -0.2) is 0 Å². The highest BCUT2D eigenvalue weighted by molar-refractivity contribution is 5.77. The van der Waals surface area contributed by atoms with Gasteiger partial charge in [0.15, 0.2) is 0 Å². The van der Waals surface area contributed by atoms with Gasteiger partial charge in [-0.1, -0.05) is 0 Å². The molecule has 0 aromatic heterocycles. The van der Waals surface area contributed by atoms with E-state index in [1.54, 1.807) is 13.8 Å². The molecule has 3 N–H and O–H groups in total. The van der Waals surface area contributed by atoms with Gasteiger partial charge in [-0.3, -0.25) is 10.1 Å². The van der Waals surface area contributed by atoms with E-state index in [0.29, 0.717) is 0 Å². The number of alkyl halides is 2. The molecule has 0 saturated heterocycles. The van der Waals surface area contributed by atoms with Crippen molar-refractivity contribution in [2.24, 2.45) is 5.73 Å². The molecule has 14 heavy (non-hydrogen) atoms. The molecule has 0 atom stereocenters. The lowest BCUT2D eigenvalue weighted by atomic mass is 10.0. The second-order valence-corrected chi connectivity index (χ2v) is 3.85. The molecule has 1 amide bonds. The van der Waals surface area contributed by atoms with E-state index < -0.39 is 24.1 Å². The van der Waals surface area contributed by atoms with Gasteiger partial charge in [0, 0.05) is 19.1 Å². The number of methoxy groups -OCH3 is 1. The summed E-state index contributed by atoms with van der Waals surface area (Å²) >= 11 is 0. The Kier molecular flexibility index (Phi) is 4.41. The average Bonchev–Trinajstić information content (AvgIpc) is 1.78. The number of nitrogens with two attached hydrogens (primary N) is 1. The van der Waals surface area contributed by atoms with Crippen LogP contribution in [0.2, 0.25) is 0 Å². The number of rotatable bonds is 5. The summed E-state index contributed by atoms with van der Waals surface area (Å²) in [6.07, 6.45) is -0.160. The van der Waals surface area contributed by atoms with Crippen LogP contribution in [0.4, 0.5) is 8.78 Å². The maximum atomic E-state index is 12.8. The van der Waals surface area contributed by atoms with Crippen LogP contribution >= 0.6 is 0 Å². The van der Waals surface area contributed by atoms with Crippen LogP contribution in [-0.2, 0) is 9.53 Å². The van der Waals surface area contributed by atoms with Gasteiger partial charge in [0.2, 0.25) is 5.91 Å². The van der Waals surface area contributed by atoms with E-state index in [9.17, 15) is 13.6 Å². The van der Waals surface area contributed by atoms with Crippen molar-refractivity contribution in [3.8, 4) is 0 Å². The van der Waals surface area contributed by atoms with Crippen LogP contribution in [0.1, 0.15) is 20.3 Å². The van der Waals surface area contributed by atoms with Crippen LogP contribution in [0.5, 0.6) is 0 Å². The number of carbonyl (C=O) groups is 1. The van der Waals surface area contributed by atoms with E-state index in [-0.39, 0.29) is 6.42 Å². The fraction of sp³-hybridized carbons (Fsp3) is 0.875. The molecule has 0 rings (SSSR count). The molecule has 0 aliphatic carbocycles. The largest absolute Gasteiger partial charge is 0.376 e. The van der Waals surface area contributed by atoms with Crippen molar-refractivity contribution in [1.82, 2.24) is 5.32 Å². The predicted octanol–water partition coefficient (Wildman–Crippen LogP) is 0.469. The predicted molar refractivity (Wildman–Crippen MR) is 47.8 cm³/mol. The number of ether oxygens (including phenoxy) is 1. The molecule has 0 aromatic rings. The summed E-state index contributed by atoms with van der Waals surface area (Å²) in [7, 11) is 1.13. The molecule has 0 saturated carbocycles. The molecule has 0 bridgehead atoms. The van der Waals surface area contributed by atoms with Crippen LogP contribution in [0.3, 0.4) is 0 Å². The SMILES string of the molecule is COCC(F)(F)NC(=O)CC(C)(C)N. The molecule has 0 spiro atoms. The number of carbonyl (C=O) groups excluding carboxylic acids is 1. The van der Waals surface area contributed by atoms with Gasteiger partial charge in [-0.2, -0.15) is 8.78 Å². The molecule has 0 unspecified atom stereocenters. The van der Waals surface area contributed by atoms with Crippen LogP contribution in [-0.4, -0.2) is 31.2 Å². The van der Waals surface area contributed by atoms with Crippen LogP contribution < -0.4 is 11.1 Å². The Morgan fingerprint density at radius 3 is 2.36 bits per heavy atom. The van der Waals surface area contributed by atoms with E-state index in [1.165, 1.54) is 5.32 Å².